The van der Waals surface area contributed by atoms with Crippen molar-refractivity contribution in [2.45, 2.75) is 47.6 Å². The van der Waals surface area contributed by atoms with Crippen molar-refractivity contribution in [2.24, 2.45) is 5.41 Å². The highest BCUT2D eigenvalue weighted by atomic mass is 32.1. The SMILES string of the molecule is Cc1cc(NC(=O)C(C)(C)C)sc1C(=O)Nc1cnc2c(cnn2C(C)C)c1. The molecule has 0 bridgehead atoms. The quantitative estimate of drug-likeness (QED) is 0.670. The Morgan fingerprint density at radius 3 is 2.50 bits per heavy atom. The van der Waals surface area contributed by atoms with Crippen LogP contribution >= 0.6 is 11.3 Å². The van der Waals surface area contributed by atoms with Gasteiger partial charge in [0.25, 0.3) is 5.91 Å². The fourth-order valence-corrected chi connectivity index (χ4v) is 3.61. The average Bonchev–Trinajstić information content (AvgIpc) is 3.17. The Bertz CT molecular complexity index is 1040. The van der Waals surface area contributed by atoms with Gasteiger partial charge in [0, 0.05) is 16.8 Å². The molecule has 7 nitrogen and oxygen atoms in total. The summed E-state index contributed by atoms with van der Waals surface area (Å²) in [5.74, 6) is -0.311. The van der Waals surface area contributed by atoms with Gasteiger partial charge in [-0.1, -0.05) is 20.8 Å². The lowest BCUT2D eigenvalue weighted by Crippen LogP contribution is -2.27. The zero-order chi connectivity index (χ0) is 20.6. The number of amides is 2. The van der Waals surface area contributed by atoms with E-state index in [2.05, 4.69) is 20.7 Å². The van der Waals surface area contributed by atoms with Gasteiger partial charge in [0.05, 0.1) is 28.0 Å². The van der Waals surface area contributed by atoms with Crippen LogP contribution in [0.3, 0.4) is 0 Å². The molecule has 0 radical (unpaired) electrons. The summed E-state index contributed by atoms with van der Waals surface area (Å²) in [5.41, 5.74) is 1.71. The van der Waals surface area contributed by atoms with Crippen LogP contribution in [0.5, 0.6) is 0 Å². The van der Waals surface area contributed by atoms with Gasteiger partial charge in [0.15, 0.2) is 5.65 Å². The van der Waals surface area contributed by atoms with Gasteiger partial charge in [-0.05, 0) is 38.5 Å². The van der Waals surface area contributed by atoms with Crippen LogP contribution in [0, 0.1) is 12.3 Å². The zero-order valence-corrected chi connectivity index (χ0v) is 17.8. The second kappa shape index (κ2) is 7.35. The van der Waals surface area contributed by atoms with Crippen LogP contribution in [0.1, 0.15) is 55.9 Å². The number of aryl methyl sites for hydroxylation is 1. The smallest absolute Gasteiger partial charge is 0.266 e. The van der Waals surface area contributed by atoms with Gasteiger partial charge in [-0.15, -0.1) is 11.3 Å². The summed E-state index contributed by atoms with van der Waals surface area (Å²) in [6, 6.07) is 3.88. The van der Waals surface area contributed by atoms with Crippen LogP contribution in [0.15, 0.2) is 24.5 Å². The van der Waals surface area contributed by atoms with Crippen molar-refractivity contribution < 1.29 is 9.59 Å². The molecule has 0 aliphatic rings. The molecule has 28 heavy (non-hydrogen) atoms. The largest absolute Gasteiger partial charge is 0.320 e. The fourth-order valence-electron chi connectivity index (χ4n) is 2.64. The van der Waals surface area contributed by atoms with E-state index in [1.807, 2.05) is 58.4 Å². The van der Waals surface area contributed by atoms with Crippen molar-refractivity contribution in [2.75, 3.05) is 10.6 Å². The Kier molecular flexibility index (Phi) is 5.25. The summed E-state index contributed by atoms with van der Waals surface area (Å²) in [4.78, 5) is 29.9. The van der Waals surface area contributed by atoms with E-state index >= 15 is 0 Å². The van der Waals surface area contributed by atoms with Gasteiger partial charge in [0.2, 0.25) is 5.91 Å². The van der Waals surface area contributed by atoms with Crippen LogP contribution in [0.25, 0.3) is 11.0 Å². The molecule has 0 atom stereocenters. The third-order valence-corrected chi connectivity index (χ3v) is 5.37. The number of nitrogens with zero attached hydrogens (tertiary/aromatic N) is 3. The van der Waals surface area contributed by atoms with E-state index in [0.29, 0.717) is 15.6 Å². The lowest BCUT2D eigenvalue weighted by atomic mass is 9.96. The number of nitrogens with one attached hydrogen (secondary N) is 2. The number of pyridine rings is 1. The molecule has 0 saturated carbocycles. The number of hydrogen-bond donors (Lipinski definition) is 2. The van der Waals surface area contributed by atoms with Crippen LogP contribution in [-0.4, -0.2) is 26.6 Å². The van der Waals surface area contributed by atoms with Gasteiger partial charge >= 0.3 is 0 Å². The number of aromatic nitrogens is 3. The lowest BCUT2D eigenvalue weighted by molar-refractivity contribution is -0.123. The Balaban J connectivity index is 1.78. The first-order valence-electron chi connectivity index (χ1n) is 9.13. The van der Waals surface area contributed by atoms with E-state index < -0.39 is 5.41 Å². The third-order valence-electron chi connectivity index (χ3n) is 4.22. The molecule has 3 aromatic rings. The molecule has 3 rings (SSSR count). The molecule has 3 heterocycles. The number of fused-ring (bicyclic) bond motifs is 1. The highest BCUT2D eigenvalue weighted by Gasteiger charge is 2.23. The molecule has 8 heteroatoms. The van der Waals surface area contributed by atoms with Gasteiger partial charge in [-0.2, -0.15) is 5.10 Å². The third kappa shape index (κ3) is 4.06. The number of hydrogen-bond acceptors (Lipinski definition) is 5. The fraction of sp³-hybridized carbons (Fsp3) is 0.400. The van der Waals surface area contributed by atoms with Crippen molar-refractivity contribution in [1.29, 1.82) is 0 Å². The molecular formula is C20H25N5O2S. The van der Waals surface area contributed by atoms with Crippen LogP contribution < -0.4 is 10.6 Å². The van der Waals surface area contributed by atoms with E-state index in [1.54, 1.807) is 12.4 Å². The standard InChI is InChI=1S/C20H25N5O2S/c1-11(2)25-17-13(9-22-25)8-14(10-21-17)23-18(26)16-12(3)7-15(28-16)24-19(27)20(4,5)6/h7-11H,1-6H3,(H,23,26)(H,24,27). The summed E-state index contributed by atoms with van der Waals surface area (Å²) in [5, 5.41) is 11.6. The molecule has 0 aliphatic heterocycles. The molecule has 0 aliphatic carbocycles. The minimum Gasteiger partial charge on any atom is -0.320 e. The maximum Gasteiger partial charge on any atom is 0.266 e. The predicted molar refractivity (Wildman–Crippen MR) is 113 cm³/mol. The minimum absolute atomic E-state index is 0.0856. The van der Waals surface area contributed by atoms with E-state index in [4.69, 9.17) is 0 Å². The topological polar surface area (TPSA) is 88.9 Å². The van der Waals surface area contributed by atoms with Gasteiger partial charge in [-0.3, -0.25) is 9.59 Å². The number of rotatable bonds is 4. The molecule has 2 amide bonds. The summed E-state index contributed by atoms with van der Waals surface area (Å²) in [6.07, 6.45) is 3.38. The molecule has 0 aromatic carbocycles. The monoisotopic (exact) mass is 399 g/mol. The van der Waals surface area contributed by atoms with Crippen molar-refractivity contribution in [3.63, 3.8) is 0 Å². The number of anilines is 2. The molecule has 0 saturated heterocycles. The lowest BCUT2D eigenvalue weighted by Gasteiger charge is -2.16. The summed E-state index contributed by atoms with van der Waals surface area (Å²) < 4.78 is 1.84. The first kappa shape index (κ1) is 20.0. The number of carbonyl (C=O) groups is 2. The van der Waals surface area contributed by atoms with Gasteiger partial charge < -0.3 is 10.6 Å². The van der Waals surface area contributed by atoms with Crippen molar-refractivity contribution in [3.05, 3.63) is 35.0 Å². The van der Waals surface area contributed by atoms with Crippen LogP contribution in [0.2, 0.25) is 0 Å². The van der Waals surface area contributed by atoms with E-state index in [0.717, 1.165) is 16.6 Å². The summed E-state index contributed by atoms with van der Waals surface area (Å²) in [7, 11) is 0. The highest BCUT2D eigenvalue weighted by molar-refractivity contribution is 7.18. The van der Waals surface area contributed by atoms with Crippen molar-refractivity contribution in [3.8, 4) is 0 Å². The van der Waals surface area contributed by atoms with Gasteiger partial charge in [-0.25, -0.2) is 9.67 Å². The van der Waals surface area contributed by atoms with Crippen molar-refractivity contribution >= 4 is 44.9 Å². The number of carbonyl (C=O) groups excluding carboxylic acids is 2. The Morgan fingerprint density at radius 1 is 1.14 bits per heavy atom. The summed E-state index contributed by atoms with van der Waals surface area (Å²) >= 11 is 1.26. The Labute approximate surface area is 168 Å². The molecule has 0 spiro atoms. The first-order valence-corrected chi connectivity index (χ1v) is 9.94. The van der Waals surface area contributed by atoms with E-state index in [9.17, 15) is 9.59 Å². The Hall–Kier alpha value is -2.74. The van der Waals surface area contributed by atoms with Crippen molar-refractivity contribution in [1.82, 2.24) is 14.8 Å². The average molecular weight is 400 g/mol. The first-order chi connectivity index (χ1) is 13.1. The molecular weight excluding hydrogens is 374 g/mol. The second-order valence-electron chi connectivity index (χ2n) is 8.10. The molecule has 2 N–H and O–H groups in total. The predicted octanol–water partition coefficient (Wildman–Crippen LogP) is 4.62. The minimum atomic E-state index is -0.498. The van der Waals surface area contributed by atoms with E-state index in [-0.39, 0.29) is 17.9 Å². The van der Waals surface area contributed by atoms with E-state index in [1.165, 1.54) is 11.3 Å². The van der Waals surface area contributed by atoms with Crippen LogP contribution in [0.4, 0.5) is 10.7 Å². The molecule has 3 aromatic heterocycles. The Morgan fingerprint density at radius 2 is 1.86 bits per heavy atom. The molecule has 0 fully saturated rings. The zero-order valence-electron chi connectivity index (χ0n) is 17.0. The van der Waals surface area contributed by atoms with Crippen LogP contribution in [-0.2, 0) is 4.79 Å². The normalized spacial score (nSPS) is 11.8. The molecule has 148 valence electrons. The highest BCUT2D eigenvalue weighted by Crippen LogP contribution is 2.29. The molecule has 0 unspecified atom stereocenters. The van der Waals surface area contributed by atoms with Gasteiger partial charge in [0.1, 0.15) is 0 Å². The maximum atomic E-state index is 12.7. The summed E-state index contributed by atoms with van der Waals surface area (Å²) in [6.45, 7) is 11.5. The maximum absolute atomic E-state index is 12.7. The number of thiophene rings is 1. The second-order valence-corrected chi connectivity index (χ2v) is 9.15.